The zero-order valence-electron chi connectivity index (χ0n) is 14.9. The van der Waals surface area contributed by atoms with Crippen LogP contribution in [-0.2, 0) is 21.1 Å². The average Bonchev–Trinajstić information content (AvgIpc) is 3.08. The smallest absolute Gasteiger partial charge is 0.252 e. The van der Waals surface area contributed by atoms with Gasteiger partial charge in [-0.1, -0.05) is 51.4 Å². The second-order valence-electron chi connectivity index (χ2n) is 6.86. The molecular weight excluding hydrogens is 503 g/mol. The summed E-state index contributed by atoms with van der Waals surface area (Å²) in [5.74, 6) is -1.01. The summed E-state index contributed by atoms with van der Waals surface area (Å²) in [4.78, 5) is 18.3. The molecule has 0 N–H and O–H groups in total. The summed E-state index contributed by atoms with van der Waals surface area (Å²) in [7, 11) is -3.22. The van der Waals surface area contributed by atoms with Crippen LogP contribution >= 0.6 is 39.3 Å². The van der Waals surface area contributed by atoms with Crippen molar-refractivity contribution in [3.63, 3.8) is 0 Å². The quantitative estimate of drug-likeness (QED) is 0.614. The molecule has 0 radical (unpaired) electrons. The fraction of sp³-hybridized carbons (Fsp3) is 0.263. The van der Waals surface area contributed by atoms with Crippen molar-refractivity contribution in [2.24, 2.45) is 4.99 Å². The number of aliphatic imine (C=N–C) groups is 1. The number of sulfone groups is 1. The lowest BCUT2D eigenvalue weighted by Crippen LogP contribution is -2.38. The SMILES string of the molecule is O=C(Cc1ccc(Cl)cc1)N=C1S[C@@H]2CS(=O)(=O)C[C@H]2N1c1ccc(Br)cc1F. The molecule has 1 amide bonds. The monoisotopic (exact) mass is 516 g/mol. The number of hydrogen-bond acceptors (Lipinski definition) is 4. The Morgan fingerprint density at radius 3 is 2.66 bits per heavy atom. The van der Waals surface area contributed by atoms with Crippen molar-refractivity contribution in [2.75, 3.05) is 16.4 Å². The van der Waals surface area contributed by atoms with Gasteiger partial charge >= 0.3 is 0 Å². The van der Waals surface area contributed by atoms with Crippen LogP contribution in [0.4, 0.5) is 10.1 Å². The van der Waals surface area contributed by atoms with E-state index in [4.69, 9.17) is 11.6 Å². The molecule has 2 aliphatic heterocycles. The van der Waals surface area contributed by atoms with Gasteiger partial charge in [0, 0.05) is 14.7 Å². The Balaban J connectivity index is 1.66. The van der Waals surface area contributed by atoms with Gasteiger partial charge in [0.1, 0.15) is 5.82 Å². The highest BCUT2D eigenvalue weighted by Crippen LogP contribution is 2.42. The molecular formula is C19H15BrClFN2O3S2. The minimum absolute atomic E-state index is 0.0125. The highest BCUT2D eigenvalue weighted by molar-refractivity contribution is 9.10. The van der Waals surface area contributed by atoms with E-state index in [2.05, 4.69) is 20.9 Å². The van der Waals surface area contributed by atoms with Crippen molar-refractivity contribution >= 4 is 65.9 Å². The molecule has 0 saturated carbocycles. The lowest BCUT2D eigenvalue weighted by atomic mass is 10.1. The van der Waals surface area contributed by atoms with E-state index in [-0.39, 0.29) is 34.8 Å². The highest BCUT2D eigenvalue weighted by Gasteiger charge is 2.50. The lowest BCUT2D eigenvalue weighted by molar-refractivity contribution is -0.117. The Kier molecular flexibility index (Phi) is 5.76. The van der Waals surface area contributed by atoms with Crippen LogP contribution in [0.3, 0.4) is 0 Å². The van der Waals surface area contributed by atoms with E-state index in [1.54, 1.807) is 41.3 Å². The number of thioether (sulfide) groups is 1. The third-order valence-electron chi connectivity index (χ3n) is 4.72. The van der Waals surface area contributed by atoms with Crippen molar-refractivity contribution in [1.29, 1.82) is 0 Å². The maximum absolute atomic E-state index is 14.7. The molecule has 10 heteroatoms. The van der Waals surface area contributed by atoms with Crippen molar-refractivity contribution in [3.8, 4) is 0 Å². The van der Waals surface area contributed by atoms with Crippen LogP contribution in [0, 0.1) is 5.82 Å². The number of halogens is 3. The van der Waals surface area contributed by atoms with Crippen molar-refractivity contribution in [3.05, 3.63) is 63.3 Å². The molecule has 2 aromatic carbocycles. The van der Waals surface area contributed by atoms with Gasteiger partial charge in [-0.3, -0.25) is 4.79 Å². The van der Waals surface area contributed by atoms with Crippen LogP contribution in [-0.4, -0.2) is 42.3 Å². The molecule has 2 aliphatic rings. The number of rotatable bonds is 3. The molecule has 152 valence electrons. The number of fused-ring (bicyclic) bond motifs is 1. The fourth-order valence-electron chi connectivity index (χ4n) is 3.45. The Bertz CT molecular complexity index is 1110. The van der Waals surface area contributed by atoms with E-state index in [9.17, 15) is 17.6 Å². The fourth-order valence-corrected chi connectivity index (χ4v) is 7.83. The van der Waals surface area contributed by atoms with Crippen LogP contribution < -0.4 is 4.90 Å². The van der Waals surface area contributed by atoms with Crippen molar-refractivity contribution in [2.45, 2.75) is 17.7 Å². The molecule has 2 fully saturated rings. The number of carbonyl (C=O) groups excluding carboxylic acids is 1. The molecule has 29 heavy (non-hydrogen) atoms. The van der Waals surface area contributed by atoms with Gasteiger partial charge in [-0.05, 0) is 35.9 Å². The number of amidine groups is 1. The molecule has 4 rings (SSSR count). The van der Waals surface area contributed by atoms with Gasteiger partial charge in [0.25, 0.3) is 5.91 Å². The van der Waals surface area contributed by atoms with Crippen LogP contribution in [0.2, 0.25) is 5.02 Å². The first kappa shape index (κ1) is 20.8. The third-order valence-corrected chi connectivity index (χ3v) is 8.68. The molecule has 0 aliphatic carbocycles. The molecule has 2 aromatic rings. The second kappa shape index (κ2) is 8.02. The first-order valence-electron chi connectivity index (χ1n) is 8.69. The molecule has 0 unspecified atom stereocenters. The van der Waals surface area contributed by atoms with Crippen LogP contribution in [0.1, 0.15) is 5.56 Å². The number of hydrogen-bond donors (Lipinski definition) is 0. The van der Waals surface area contributed by atoms with Crippen LogP contribution in [0.15, 0.2) is 51.9 Å². The summed E-state index contributed by atoms with van der Waals surface area (Å²) in [6.07, 6.45) is 0.0749. The first-order valence-corrected chi connectivity index (χ1v) is 12.6. The average molecular weight is 518 g/mol. The van der Waals surface area contributed by atoms with Crippen LogP contribution in [0.5, 0.6) is 0 Å². The van der Waals surface area contributed by atoms with E-state index in [1.165, 1.54) is 17.8 Å². The zero-order chi connectivity index (χ0) is 20.8. The van der Waals surface area contributed by atoms with Crippen molar-refractivity contribution < 1.29 is 17.6 Å². The second-order valence-corrected chi connectivity index (χ2v) is 11.6. The van der Waals surface area contributed by atoms with Crippen LogP contribution in [0.25, 0.3) is 0 Å². The van der Waals surface area contributed by atoms with E-state index < -0.39 is 21.7 Å². The predicted molar refractivity (Wildman–Crippen MR) is 118 cm³/mol. The topological polar surface area (TPSA) is 66.8 Å². The minimum atomic E-state index is -3.22. The first-order chi connectivity index (χ1) is 13.7. The number of anilines is 1. The van der Waals surface area contributed by atoms with E-state index in [1.807, 2.05) is 0 Å². The summed E-state index contributed by atoms with van der Waals surface area (Å²) in [5.41, 5.74) is 0.972. The molecule has 5 nitrogen and oxygen atoms in total. The Hall–Kier alpha value is -1.42. The van der Waals surface area contributed by atoms with Gasteiger partial charge in [0.05, 0.1) is 29.7 Å². The molecule has 0 bridgehead atoms. The summed E-state index contributed by atoms with van der Waals surface area (Å²) in [6.45, 7) is 0. The maximum atomic E-state index is 14.7. The van der Waals surface area contributed by atoms with Crippen molar-refractivity contribution in [1.82, 2.24) is 0 Å². The third kappa shape index (κ3) is 4.52. The summed E-state index contributed by atoms with van der Waals surface area (Å²) >= 11 is 10.3. The van der Waals surface area contributed by atoms with Gasteiger partial charge in [0.2, 0.25) is 0 Å². The van der Waals surface area contributed by atoms with Gasteiger partial charge in [-0.15, -0.1) is 0 Å². The van der Waals surface area contributed by atoms with E-state index in [0.717, 1.165) is 5.56 Å². The summed E-state index contributed by atoms with van der Waals surface area (Å²) < 4.78 is 39.4. The Morgan fingerprint density at radius 1 is 1.24 bits per heavy atom. The van der Waals surface area contributed by atoms with E-state index >= 15 is 0 Å². The van der Waals surface area contributed by atoms with Gasteiger partial charge in [-0.2, -0.15) is 4.99 Å². The van der Waals surface area contributed by atoms with E-state index in [0.29, 0.717) is 14.7 Å². The number of carbonyl (C=O) groups is 1. The lowest BCUT2D eigenvalue weighted by Gasteiger charge is -2.25. The van der Waals surface area contributed by atoms with Gasteiger partial charge in [-0.25, -0.2) is 12.8 Å². The largest absolute Gasteiger partial charge is 0.313 e. The molecule has 2 saturated heterocycles. The molecule has 0 spiro atoms. The number of amides is 1. The zero-order valence-corrected chi connectivity index (χ0v) is 18.9. The standard InChI is InChI=1S/C19H15BrClFN2O3S2/c20-12-3-6-15(14(22)8-12)24-16-9-29(26,27)10-17(16)28-19(24)23-18(25)7-11-1-4-13(21)5-2-11/h1-6,8,16-17H,7,9-10H2/t16-,17-/m1/s1. The number of nitrogens with zero attached hydrogens (tertiary/aromatic N) is 2. The van der Waals surface area contributed by atoms with Gasteiger partial charge in [0.15, 0.2) is 15.0 Å². The Morgan fingerprint density at radius 2 is 1.97 bits per heavy atom. The normalized spacial score (nSPS) is 24.1. The minimum Gasteiger partial charge on any atom is -0.313 e. The summed E-state index contributed by atoms with van der Waals surface area (Å²) in [6, 6.07) is 11.0. The number of benzene rings is 2. The van der Waals surface area contributed by atoms with Gasteiger partial charge < -0.3 is 4.90 Å². The highest BCUT2D eigenvalue weighted by atomic mass is 79.9. The maximum Gasteiger partial charge on any atom is 0.252 e. The molecule has 0 aromatic heterocycles. The predicted octanol–water partition coefficient (Wildman–Crippen LogP) is 4.09. The molecule has 2 heterocycles. The molecule has 2 atom stereocenters. The summed E-state index contributed by atoms with van der Waals surface area (Å²) in [5, 5.41) is 0.616. The Labute approximate surface area is 185 Å².